The van der Waals surface area contributed by atoms with Gasteiger partial charge in [-0.3, -0.25) is 0 Å². The summed E-state index contributed by atoms with van der Waals surface area (Å²) in [5.41, 5.74) is 0.0156. The average molecular weight is 282 g/mol. The molecule has 2 heterocycles. The van der Waals surface area contributed by atoms with E-state index in [9.17, 15) is 0 Å². The molecule has 0 aromatic carbocycles. The van der Waals surface area contributed by atoms with Crippen LogP contribution in [0.25, 0.3) is 0 Å². The van der Waals surface area contributed by atoms with E-state index in [-0.39, 0.29) is 38.3 Å². The monoisotopic (exact) mass is 282 g/mol. The summed E-state index contributed by atoms with van der Waals surface area (Å²) in [6.07, 6.45) is 0. The molecule has 0 N–H and O–H groups in total. The summed E-state index contributed by atoms with van der Waals surface area (Å²) in [6.45, 7) is 2.98. The molecule has 0 unspecified atom stereocenters. The van der Waals surface area contributed by atoms with Crippen LogP contribution in [-0.2, 0) is 14.9 Å². The van der Waals surface area contributed by atoms with E-state index >= 15 is 0 Å². The number of rotatable bonds is 0. The maximum absolute atomic E-state index is 5.28. The Morgan fingerprint density at radius 2 is 1.09 bits per heavy atom. The maximum atomic E-state index is 5.28. The molecule has 11 heavy (non-hydrogen) atoms. The molecule has 0 aromatic rings. The van der Waals surface area contributed by atoms with E-state index in [2.05, 4.69) is 0 Å². The van der Waals surface area contributed by atoms with Gasteiger partial charge in [-0.1, -0.05) is 0 Å². The number of hydrogen-bond acceptors (Lipinski definition) is 4. The Bertz CT molecular complexity index is 111. The van der Waals surface area contributed by atoms with Crippen molar-refractivity contribution in [1.82, 2.24) is 0 Å². The third kappa shape index (κ3) is 2.00. The second-order valence-electron chi connectivity index (χ2n) is 2.74. The molecule has 0 aromatic heterocycles. The van der Waals surface area contributed by atoms with E-state index < -0.39 is 0 Å². The molecule has 2 aliphatic heterocycles. The first-order valence-corrected chi connectivity index (χ1v) is 6.36. The van der Waals surface area contributed by atoms with Crippen LogP contribution in [0.15, 0.2) is 0 Å². The first-order valence-electron chi connectivity index (χ1n) is 3.30. The fourth-order valence-corrected chi connectivity index (χ4v) is 4.03. The van der Waals surface area contributed by atoms with Crippen LogP contribution in [0.4, 0.5) is 0 Å². The molecule has 2 rings (SSSR count). The van der Waals surface area contributed by atoms with Crippen molar-refractivity contribution < 1.29 is 14.9 Å². The molecule has 6 heteroatoms. The van der Waals surface area contributed by atoms with Crippen molar-refractivity contribution in [1.29, 1.82) is 0 Å². The van der Waals surface area contributed by atoms with Crippen molar-refractivity contribution in [3.63, 3.8) is 0 Å². The molecule has 0 amide bonds. The molecule has 62 valence electrons. The van der Waals surface area contributed by atoms with Crippen LogP contribution in [0.2, 0.25) is 0 Å². The second-order valence-corrected chi connectivity index (χ2v) is 5.54. The SMILES string of the molecule is C1O[As]OCC12CO[As]OC2. The van der Waals surface area contributed by atoms with E-state index in [1.165, 1.54) is 0 Å². The van der Waals surface area contributed by atoms with Crippen LogP contribution in [0.3, 0.4) is 0 Å². The Labute approximate surface area is 79.7 Å². The van der Waals surface area contributed by atoms with Gasteiger partial charge in [-0.05, 0) is 0 Å². The third-order valence-electron chi connectivity index (χ3n) is 1.69. The van der Waals surface area contributed by atoms with Crippen molar-refractivity contribution in [2.24, 2.45) is 5.41 Å². The van der Waals surface area contributed by atoms with Gasteiger partial charge in [0.1, 0.15) is 0 Å². The molecular formula is C5H8As2O4. The van der Waals surface area contributed by atoms with Gasteiger partial charge in [0.25, 0.3) is 0 Å². The molecular weight excluding hydrogens is 274 g/mol. The molecule has 0 bridgehead atoms. The van der Waals surface area contributed by atoms with Crippen molar-refractivity contribution in [3.05, 3.63) is 0 Å². The molecule has 1 spiro atoms. The molecule has 4 nitrogen and oxygen atoms in total. The average Bonchev–Trinajstić information content (AvgIpc) is 2.07. The summed E-state index contributed by atoms with van der Waals surface area (Å²) < 4.78 is 21.1. The van der Waals surface area contributed by atoms with E-state index in [1.54, 1.807) is 0 Å². The fourth-order valence-electron chi connectivity index (χ4n) is 0.978. The normalized spacial score (nSPS) is 43.6. The molecule has 0 saturated carbocycles. The third-order valence-corrected chi connectivity index (χ3v) is 3.66. The van der Waals surface area contributed by atoms with Gasteiger partial charge in [0, 0.05) is 0 Å². The van der Waals surface area contributed by atoms with Gasteiger partial charge in [0.2, 0.25) is 0 Å². The summed E-state index contributed by atoms with van der Waals surface area (Å²) in [6, 6.07) is 0. The molecule has 0 aliphatic carbocycles. The summed E-state index contributed by atoms with van der Waals surface area (Å²) >= 11 is -0.631. The molecule has 2 aliphatic rings. The van der Waals surface area contributed by atoms with E-state index in [0.717, 1.165) is 26.4 Å². The van der Waals surface area contributed by atoms with Gasteiger partial charge in [0.05, 0.1) is 0 Å². The summed E-state index contributed by atoms with van der Waals surface area (Å²) in [5, 5.41) is 0. The zero-order valence-electron chi connectivity index (χ0n) is 5.86. The summed E-state index contributed by atoms with van der Waals surface area (Å²) in [4.78, 5) is 0. The molecule has 2 radical (unpaired) electrons. The van der Waals surface area contributed by atoms with Crippen molar-refractivity contribution >= 4 is 32.9 Å². The van der Waals surface area contributed by atoms with Crippen LogP contribution in [0, 0.1) is 5.41 Å². The predicted octanol–water partition coefficient (Wildman–Crippen LogP) is -0.865. The van der Waals surface area contributed by atoms with Crippen LogP contribution in [0.5, 0.6) is 0 Å². The van der Waals surface area contributed by atoms with Crippen LogP contribution in [-0.4, -0.2) is 59.3 Å². The molecule has 2 saturated heterocycles. The predicted molar refractivity (Wildman–Crippen MR) is 37.7 cm³/mol. The molecule has 0 atom stereocenters. The summed E-state index contributed by atoms with van der Waals surface area (Å²) in [5.74, 6) is 0. The first-order chi connectivity index (χ1) is 5.41. The Morgan fingerprint density at radius 3 is 1.45 bits per heavy atom. The van der Waals surface area contributed by atoms with Crippen molar-refractivity contribution in [2.45, 2.75) is 0 Å². The van der Waals surface area contributed by atoms with Crippen LogP contribution >= 0.6 is 0 Å². The summed E-state index contributed by atoms with van der Waals surface area (Å²) in [7, 11) is 0. The van der Waals surface area contributed by atoms with Gasteiger partial charge in [-0.15, -0.1) is 0 Å². The Balaban J connectivity index is 1.94. The van der Waals surface area contributed by atoms with E-state index in [1.807, 2.05) is 0 Å². The molecule has 2 fully saturated rings. The van der Waals surface area contributed by atoms with E-state index in [4.69, 9.17) is 14.9 Å². The Morgan fingerprint density at radius 1 is 0.727 bits per heavy atom. The topological polar surface area (TPSA) is 36.9 Å². The Kier molecular flexibility index (Phi) is 2.94. The van der Waals surface area contributed by atoms with Crippen molar-refractivity contribution in [3.8, 4) is 0 Å². The van der Waals surface area contributed by atoms with E-state index in [0.29, 0.717) is 0 Å². The second kappa shape index (κ2) is 3.78. The van der Waals surface area contributed by atoms with Gasteiger partial charge in [-0.25, -0.2) is 0 Å². The van der Waals surface area contributed by atoms with Gasteiger partial charge >= 0.3 is 79.6 Å². The van der Waals surface area contributed by atoms with Crippen LogP contribution in [0.1, 0.15) is 0 Å². The quantitative estimate of drug-likeness (QED) is 0.542. The van der Waals surface area contributed by atoms with Crippen LogP contribution < -0.4 is 0 Å². The zero-order chi connectivity index (χ0) is 7.57. The Hall–Kier alpha value is 0.957. The van der Waals surface area contributed by atoms with Crippen molar-refractivity contribution in [2.75, 3.05) is 26.4 Å². The standard InChI is InChI=1S/C5H8As2O4/c1-5(2-9-6-8-1)3-10-7-11-4-5/h1-4H2. The fraction of sp³-hybridized carbons (Fsp3) is 1.00. The zero-order valence-corrected chi connectivity index (χ0v) is 9.61. The first kappa shape index (κ1) is 8.55. The minimum absolute atomic E-state index is 0.0156. The van der Waals surface area contributed by atoms with Gasteiger partial charge < -0.3 is 0 Å². The minimum atomic E-state index is -0.316. The van der Waals surface area contributed by atoms with Gasteiger partial charge in [0.15, 0.2) is 0 Å². The van der Waals surface area contributed by atoms with Gasteiger partial charge in [-0.2, -0.15) is 0 Å². The number of hydrogen-bond donors (Lipinski definition) is 0.